The lowest BCUT2D eigenvalue weighted by Gasteiger charge is -2.16. The van der Waals surface area contributed by atoms with Crippen molar-refractivity contribution in [2.45, 2.75) is 19.9 Å². The number of benzene rings is 1. The molecule has 108 valence electrons. The summed E-state index contributed by atoms with van der Waals surface area (Å²) in [6.07, 6.45) is 0. The highest BCUT2D eigenvalue weighted by molar-refractivity contribution is 7.18. The fourth-order valence-electron chi connectivity index (χ4n) is 2.21. The van der Waals surface area contributed by atoms with Gasteiger partial charge in [-0.25, -0.2) is 4.98 Å². The van der Waals surface area contributed by atoms with Gasteiger partial charge in [-0.3, -0.25) is 0 Å². The Hall–Kier alpha value is -1.85. The number of nitrogens with one attached hydrogen (secondary N) is 1. The van der Waals surface area contributed by atoms with Crippen molar-refractivity contribution < 1.29 is 0 Å². The standard InChI is InChI=1S/C15H15ClN4S/c1-8-7-12-13(19-15(17)20-14(12)21-8)18-9(2)10-3-5-11(16)6-4-10/h3-7,9H,1-2H3,(H3,17,18,19,20). The molecule has 0 saturated carbocycles. The molecule has 1 unspecified atom stereocenters. The molecule has 3 rings (SSSR count). The Kier molecular flexibility index (Phi) is 3.69. The second-order valence-corrected chi connectivity index (χ2v) is 6.60. The molecule has 2 aromatic heterocycles. The fraction of sp³-hybridized carbons (Fsp3) is 0.200. The monoisotopic (exact) mass is 318 g/mol. The molecule has 0 radical (unpaired) electrons. The molecular formula is C15H15ClN4S. The van der Waals surface area contributed by atoms with Gasteiger partial charge in [0.25, 0.3) is 0 Å². The number of nitrogen functional groups attached to an aromatic ring is 1. The molecule has 3 aromatic rings. The van der Waals surface area contributed by atoms with E-state index in [1.165, 1.54) is 4.88 Å². The van der Waals surface area contributed by atoms with E-state index >= 15 is 0 Å². The lowest BCUT2D eigenvalue weighted by molar-refractivity contribution is 0.877. The van der Waals surface area contributed by atoms with E-state index in [9.17, 15) is 0 Å². The normalized spacial score (nSPS) is 12.5. The predicted octanol–water partition coefficient (Wildman–Crippen LogP) is 4.41. The van der Waals surface area contributed by atoms with E-state index in [1.54, 1.807) is 11.3 Å². The average molecular weight is 319 g/mol. The van der Waals surface area contributed by atoms with Gasteiger partial charge in [0, 0.05) is 15.9 Å². The molecule has 0 aliphatic carbocycles. The number of thiophene rings is 1. The van der Waals surface area contributed by atoms with Gasteiger partial charge < -0.3 is 11.1 Å². The Morgan fingerprint density at radius 3 is 2.67 bits per heavy atom. The third-order valence-electron chi connectivity index (χ3n) is 3.26. The number of aromatic nitrogens is 2. The number of rotatable bonds is 3. The van der Waals surface area contributed by atoms with Gasteiger partial charge in [0.1, 0.15) is 10.6 Å². The maximum absolute atomic E-state index is 5.92. The summed E-state index contributed by atoms with van der Waals surface area (Å²) in [6.45, 7) is 4.13. The largest absolute Gasteiger partial charge is 0.368 e. The van der Waals surface area contributed by atoms with Crippen LogP contribution in [-0.2, 0) is 0 Å². The minimum absolute atomic E-state index is 0.0972. The van der Waals surface area contributed by atoms with Crippen LogP contribution in [0.3, 0.4) is 0 Å². The average Bonchev–Trinajstić information content (AvgIpc) is 2.79. The molecule has 6 heteroatoms. The Balaban J connectivity index is 1.95. The zero-order valence-electron chi connectivity index (χ0n) is 11.7. The Labute approximate surface area is 132 Å². The number of aryl methyl sites for hydroxylation is 1. The number of hydrogen-bond acceptors (Lipinski definition) is 5. The van der Waals surface area contributed by atoms with E-state index in [0.717, 1.165) is 26.6 Å². The lowest BCUT2D eigenvalue weighted by atomic mass is 10.1. The summed E-state index contributed by atoms with van der Waals surface area (Å²) in [5, 5.41) is 5.14. The third kappa shape index (κ3) is 2.94. The highest BCUT2D eigenvalue weighted by Crippen LogP contribution is 2.31. The second-order valence-electron chi connectivity index (χ2n) is 4.92. The summed E-state index contributed by atoms with van der Waals surface area (Å²) >= 11 is 7.54. The van der Waals surface area contributed by atoms with E-state index in [2.05, 4.69) is 35.2 Å². The summed E-state index contributed by atoms with van der Waals surface area (Å²) in [5.41, 5.74) is 6.93. The molecule has 0 aliphatic rings. The SMILES string of the molecule is Cc1cc2c(NC(C)c3ccc(Cl)cc3)nc(N)nc2s1. The van der Waals surface area contributed by atoms with Crippen LogP contribution in [0.5, 0.6) is 0 Å². The van der Waals surface area contributed by atoms with Crippen molar-refractivity contribution >= 4 is 44.9 Å². The first-order chi connectivity index (χ1) is 10.0. The Morgan fingerprint density at radius 1 is 1.24 bits per heavy atom. The zero-order chi connectivity index (χ0) is 15.0. The van der Waals surface area contributed by atoms with E-state index in [-0.39, 0.29) is 12.0 Å². The minimum Gasteiger partial charge on any atom is -0.368 e. The Morgan fingerprint density at radius 2 is 1.95 bits per heavy atom. The van der Waals surface area contributed by atoms with Crippen molar-refractivity contribution in [3.05, 3.63) is 45.8 Å². The van der Waals surface area contributed by atoms with Crippen molar-refractivity contribution in [2.75, 3.05) is 11.1 Å². The van der Waals surface area contributed by atoms with Crippen LogP contribution in [0, 0.1) is 6.92 Å². The van der Waals surface area contributed by atoms with Crippen molar-refractivity contribution in [3.8, 4) is 0 Å². The molecule has 4 nitrogen and oxygen atoms in total. The first kappa shape index (κ1) is 14.1. The lowest BCUT2D eigenvalue weighted by Crippen LogP contribution is -2.09. The number of hydrogen-bond donors (Lipinski definition) is 2. The summed E-state index contributed by atoms with van der Waals surface area (Å²) in [7, 11) is 0. The number of anilines is 2. The molecule has 3 N–H and O–H groups in total. The summed E-state index contributed by atoms with van der Waals surface area (Å²) in [6, 6.07) is 9.94. The molecule has 21 heavy (non-hydrogen) atoms. The van der Waals surface area contributed by atoms with Crippen molar-refractivity contribution in [3.63, 3.8) is 0 Å². The number of nitrogens with zero attached hydrogens (tertiary/aromatic N) is 2. The van der Waals surface area contributed by atoms with E-state index in [1.807, 2.05) is 24.3 Å². The predicted molar refractivity (Wildman–Crippen MR) is 90.1 cm³/mol. The molecule has 0 saturated heterocycles. The zero-order valence-corrected chi connectivity index (χ0v) is 13.3. The Bertz CT molecular complexity index is 782. The van der Waals surface area contributed by atoms with Crippen LogP contribution in [0.25, 0.3) is 10.2 Å². The summed E-state index contributed by atoms with van der Waals surface area (Å²) in [4.78, 5) is 10.7. The van der Waals surface area contributed by atoms with Crippen LogP contribution >= 0.6 is 22.9 Å². The van der Waals surface area contributed by atoms with Gasteiger partial charge in [0.15, 0.2) is 0 Å². The van der Waals surface area contributed by atoms with Gasteiger partial charge >= 0.3 is 0 Å². The van der Waals surface area contributed by atoms with Gasteiger partial charge in [-0.05, 0) is 37.6 Å². The minimum atomic E-state index is 0.0972. The highest BCUT2D eigenvalue weighted by Gasteiger charge is 2.12. The van der Waals surface area contributed by atoms with Crippen LogP contribution < -0.4 is 11.1 Å². The highest BCUT2D eigenvalue weighted by atomic mass is 35.5. The van der Waals surface area contributed by atoms with Gasteiger partial charge in [-0.1, -0.05) is 23.7 Å². The second kappa shape index (κ2) is 5.50. The van der Waals surface area contributed by atoms with Gasteiger partial charge in [-0.2, -0.15) is 4.98 Å². The van der Waals surface area contributed by atoms with Crippen LogP contribution in [0.2, 0.25) is 5.02 Å². The quantitative estimate of drug-likeness (QED) is 0.751. The molecule has 0 amide bonds. The molecule has 0 bridgehead atoms. The van der Waals surface area contributed by atoms with Crippen LogP contribution in [0.15, 0.2) is 30.3 Å². The van der Waals surface area contributed by atoms with Gasteiger partial charge in [0.05, 0.1) is 5.39 Å². The molecule has 2 heterocycles. The topological polar surface area (TPSA) is 63.8 Å². The van der Waals surface area contributed by atoms with Crippen LogP contribution in [0.4, 0.5) is 11.8 Å². The molecule has 1 aromatic carbocycles. The van der Waals surface area contributed by atoms with Gasteiger partial charge in [0.2, 0.25) is 5.95 Å². The summed E-state index contributed by atoms with van der Waals surface area (Å²) in [5.74, 6) is 1.06. The van der Waals surface area contributed by atoms with E-state index < -0.39 is 0 Å². The molecule has 0 fully saturated rings. The number of nitrogens with two attached hydrogens (primary N) is 1. The summed E-state index contributed by atoms with van der Waals surface area (Å²) < 4.78 is 0. The van der Waals surface area contributed by atoms with Crippen molar-refractivity contribution in [1.29, 1.82) is 0 Å². The molecule has 0 aliphatic heterocycles. The van der Waals surface area contributed by atoms with Crippen LogP contribution in [0.1, 0.15) is 23.4 Å². The third-order valence-corrected chi connectivity index (χ3v) is 4.45. The first-order valence-electron chi connectivity index (χ1n) is 6.58. The maximum atomic E-state index is 5.92. The molecule has 1 atom stereocenters. The van der Waals surface area contributed by atoms with E-state index in [0.29, 0.717) is 0 Å². The van der Waals surface area contributed by atoms with Crippen molar-refractivity contribution in [1.82, 2.24) is 9.97 Å². The number of halogens is 1. The molecular weight excluding hydrogens is 304 g/mol. The first-order valence-corrected chi connectivity index (χ1v) is 7.78. The number of fused-ring (bicyclic) bond motifs is 1. The fourth-order valence-corrected chi connectivity index (χ4v) is 3.22. The van der Waals surface area contributed by atoms with Gasteiger partial charge in [-0.15, -0.1) is 11.3 Å². The maximum Gasteiger partial charge on any atom is 0.223 e. The molecule has 0 spiro atoms. The van der Waals surface area contributed by atoms with Crippen LogP contribution in [-0.4, -0.2) is 9.97 Å². The van der Waals surface area contributed by atoms with E-state index in [4.69, 9.17) is 17.3 Å². The smallest absolute Gasteiger partial charge is 0.223 e. The van der Waals surface area contributed by atoms with Crippen molar-refractivity contribution in [2.24, 2.45) is 0 Å².